The Morgan fingerprint density at radius 3 is 2.91 bits per heavy atom. The van der Waals surface area contributed by atoms with Crippen LogP contribution in [0.5, 0.6) is 0 Å². The fourth-order valence-electron chi connectivity index (χ4n) is 1.89. The lowest BCUT2D eigenvalue weighted by atomic mass is 10.3. The van der Waals surface area contributed by atoms with Crippen LogP contribution in [0.2, 0.25) is 0 Å². The molecule has 0 fully saturated rings. The fourth-order valence-corrected chi connectivity index (χ4v) is 2.51. The van der Waals surface area contributed by atoms with E-state index in [1.54, 1.807) is 19.2 Å². The molecule has 0 saturated carbocycles. The highest BCUT2D eigenvalue weighted by Gasteiger charge is 2.15. The van der Waals surface area contributed by atoms with E-state index in [4.69, 9.17) is 4.74 Å². The summed E-state index contributed by atoms with van der Waals surface area (Å²) in [4.78, 5) is 24.6. The van der Waals surface area contributed by atoms with Crippen molar-refractivity contribution >= 4 is 29.0 Å². The van der Waals surface area contributed by atoms with Gasteiger partial charge in [0.2, 0.25) is 0 Å². The van der Waals surface area contributed by atoms with Crippen molar-refractivity contribution < 1.29 is 14.3 Å². The lowest BCUT2D eigenvalue weighted by Gasteiger charge is -2.02. The van der Waals surface area contributed by atoms with E-state index in [1.165, 1.54) is 16.0 Å². The Balaban J connectivity index is 1.89. The van der Waals surface area contributed by atoms with E-state index >= 15 is 0 Å². The van der Waals surface area contributed by atoms with Crippen LogP contribution in [-0.4, -0.2) is 41.4 Å². The molecule has 0 aliphatic heterocycles. The van der Waals surface area contributed by atoms with Gasteiger partial charge in [0.1, 0.15) is 5.82 Å². The summed E-state index contributed by atoms with van der Waals surface area (Å²) in [5.74, 6) is -0.0109. The van der Waals surface area contributed by atoms with Gasteiger partial charge in [-0.3, -0.25) is 14.3 Å². The van der Waals surface area contributed by atoms with Crippen molar-refractivity contribution in [1.29, 1.82) is 0 Å². The summed E-state index contributed by atoms with van der Waals surface area (Å²) in [5, 5.41) is 11.5. The molecule has 0 aliphatic rings. The molecule has 0 spiro atoms. The first-order chi connectivity index (χ1) is 11.1. The zero-order valence-corrected chi connectivity index (χ0v) is 14.0. The second-order valence-electron chi connectivity index (χ2n) is 4.78. The minimum atomic E-state index is -0.270. The standard InChI is InChI=1S/C15H20N4O3S/c1-3-22-8-5-7-16-14(20)11-10-13(19(2)18-11)17-15(21)12-6-4-9-23-12/h4,6,9-10H,3,5,7-8H2,1-2H3,(H,16,20)(H,17,21). The zero-order chi connectivity index (χ0) is 16.7. The van der Waals surface area contributed by atoms with E-state index in [-0.39, 0.29) is 17.5 Å². The molecule has 0 atom stereocenters. The first kappa shape index (κ1) is 17.2. The minimum Gasteiger partial charge on any atom is -0.382 e. The smallest absolute Gasteiger partial charge is 0.271 e. The SMILES string of the molecule is CCOCCCNC(=O)c1cc(NC(=O)c2cccs2)n(C)n1. The molecule has 8 heteroatoms. The van der Waals surface area contributed by atoms with E-state index in [2.05, 4.69) is 15.7 Å². The van der Waals surface area contributed by atoms with Crippen molar-refractivity contribution in [1.82, 2.24) is 15.1 Å². The monoisotopic (exact) mass is 336 g/mol. The molecule has 7 nitrogen and oxygen atoms in total. The second-order valence-corrected chi connectivity index (χ2v) is 5.72. The Hall–Kier alpha value is -2.19. The average molecular weight is 336 g/mol. The largest absolute Gasteiger partial charge is 0.382 e. The van der Waals surface area contributed by atoms with Crippen molar-refractivity contribution in [2.45, 2.75) is 13.3 Å². The molecule has 2 aromatic rings. The number of hydrogen-bond donors (Lipinski definition) is 2. The topological polar surface area (TPSA) is 85.3 Å². The van der Waals surface area contributed by atoms with Gasteiger partial charge in [0.15, 0.2) is 5.69 Å². The van der Waals surface area contributed by atoms with E-state index in [9.17, 15) is 9.59 Å². The molecule has 0 aliphatic carbocycles. The van der Waals surface area contributed by atoms with Crippen LogP contribution in [-0.2, 0) is 11.8 Å². The highest BCUT2D eigenvalue weighted by atomic mass is 32.1. The van der Waals surface area contributed by atoms with Gasteiger partial charge in [-0.05, 0) is 24.8 Å². The maximum absolute atomic E-state index is 12.0. The van der Waals surface area contributed by atoms with Gasteiger partial charge in [0.05, 0.1) is 4.88 Å². The predicted molar refractivity (Wildman–Crippen MR) is 88.9 cm³/mol. The Labute approximate surface area is 138 Å². The number of thiophene rings is 1. The number of nitrogens with zero attached hydrogens (tertiary/aromatic N) is 2. The molecule has 0 unspecified atom stereocenters. The molecule has 2 N–H and O–H groups in total. The number of aromatic nitrogens is 2. The summed E-state index contributed by atoms with van der Waals surface area (Å²) in [5.41, 5.74) is 0.269. The summed E-state index contributed by atoms with van der Waals surface area (Å²) in [6.45, 7) is 3.73. The molecule has 0 bridgehead atoms. The molecular formula is C15H20N4O3S. The lowest BCUT2D eigenvalue weighted by Crippen LogP contribution is -2.25. The maximum atomic E-state index is 12.0. The normalized spacial score (nSPS) is 10.5. The third kappa shape index (κ3) is 4.90. The van der Waals surface area contributed by atoms with E-state index < -0.39 is 0 Å². The van der Waals surface area contributed by atoms with Crippen molar-refractivity contribution in [2.75, 3.05) is 25.1 Å². The summed E-state index contributed by atoms with van der Waals surface area (Å²) < 4.78 is 6.68. The van der Waals surface area contributed by atoms with Gasteiger partial charge < -0.3 is 15.4 Å². The molecule has 0 aromatic carbocycles. The van der Waals surface area contributed by atoms with Crippen LogP contribution in [0.15, 0.2) is 23.6 Å². The fraction of sp³-hybridized carbons (Fsp3) is 0.400. The first-order valence-corrected chi connectivity index (χ1v) is 8.24. The average Bonchev–Trinajstić information content (AvgIpc) is 3.17. The maximum Gasteiger partial charge on any atom is 0.271 e. The Bertz CT molecular complexity index is 652. The highest BCUT2D eigenvalue weighted by molar-refractivity contribution is 7.12. The van der Waals surface area contributed by atoms with Crippen LogP contribution >= 0.6 is 11.3 Å². The van der Waals surface area contributed by atoms with Crippen molar-refractivity contribution in [3.8, 4) is 0 Å². The Kier molecular flexibility index (Phi) is 6.30. The summed E-state index contributed by atoms with van der Waals surface area (Å²) >= 11 is 1.35. The van der Waals surface area contributed by atoms with Crippen LogP contribution in [0.1, 0.15) is 33.5 Å². The lowest BCUT2D eigenvalue weighted by molar-refractivity contribution is 0.0937. The van der Waals surface area contributed by atoms with Crippen LogP contribution < -0.4 is 10.6 Å². The number of aryl methyl sites for hydroxylation is 1. The number of hydrogen-bond acceptors (Lipinski definition) is 5. The number of rotatable bonds is 8. The quantitative estimate of drug-likeness (QED) is 0.721. The molecule has 2 rings (SSSR count). The van der Waals surface area contributed by atoms with E-state index in [1.807, 2.05) is 18.4 Å². The number of carbonyl (C=O) groups is 2. The summed E-state index contributed by atoms with van der Waals surface area (Å²) in [6, 6.07) is 5.11. The number of nitrogens with one attached hydrogen (secondary N) is 2. The molecule has 124 valence electrons. The highest BCUT2D eigenvalue weighted by Crippen LogP contribution is 2.14. The van der Waals surface area contributed by atoms with Crippen LogP contribution in [0, 0.1) is 0 Å². The molecule has 0 radical (unpaired) electrons. The predicted octanol–water partition coefficient (Wildman–Crippen LogP) is 1.89. The number of carbonyl (C=O) groups excluding carboxylic acids is 2. The number of ether oxygens (including phenoxy) is 1. The van der Waals surface area contributed by atoms with Gasteiger partial charge in [0, 0.05) is 32.9 Å². The Morgan fingerprint density at radius 1 is 1.39 bits per heavy atom. The van der Waals surface area contributed by atoms with Crippen molar-refractivity contribution in [3.05, 3.63) is 34.2 Å². The van der Waals surface area contributed by atoms with Gasteiger partial charge in [0.25, 0.3) is 11.8 Å². The van der Waals surface area contributed by atoms with E-state index in [0.717, 1.165) is 6.42 Å². The van der Waals surface area contributed by atoms with Crippen LogP contribution in [0.3, 0.4) is 0 Å². The molecule has 2 heterocycles. The number of anilines is 1. The van der Waals surface area contributed by atoms with Gasteiger partial charge in [-0.25, -0.2) is 0 Å². The van der Waals surface area contributed by atoms with Gasteiger partial charge in [-0.15, -0.1) is 11.3 Å². The molecule has 0 saturated heterocycles. The zero-order valence-electron chi connectivity index (χ0n) is 13.2. The second kappa shape index (κ2) is 8.44. The Morgan fingerprint density at radius 2 is 2.22 bits per heavy atom. The van der Waals surface area contributed by atoms with Gasteiger partial charge >= 0.3 is 0 Å². The van der Waals surface area contributed by atoms with Crippen LogP contribution in [0.4, 0.5) is 5.82 Å². The van der Waals surface area contributed by atoms with Crippen molar-refractivity contribution in [3.63, 3.8) is 0 Å². The van der Waals surface area contributed by atoms with Crippen LogP contribution in [0.25, 0.3) is 0 Å². The van der Waals surface area contributed by atoms with Crippen molar-refractivity contribution in [2.24, 2.45) is 7.05 Å². The molecule has 23 heavy (non-hydrogen) atoms. The number of amides is 2. The third-order valence-electron chi connectivity index (χ3n) is 3.05. The minimum absolute atomic E-state index is 0.216. The van der Waals surface area contributed by atoms with Gasteiger partial charge in [-0.1, -0.05) is 6.07 Å². The molecule has 2 aromatic heterocycles. The third-order valence-corrected chi connectivity index (χ3v) is 3.92. The molecule has 2 amide bonds. The molecular weight excluding hydrogens is 316 g/mol. The van der Waals surface area contributed by atoms with Gasteiger partial charge in [-0.2, -0.15) is 5.10 Å². The first-order valence-electron chi connectivity index (χ1n) is 7.36. The summed E-state index contributed by atoms with van der Waals surface area (Å²) in [7, 11) is 1.68. The van der Waals surface area contributed by atoms with E-state index in [0.29, 0.717) is 30.5 Å². The summed E-state index contributed by atoms with van der Waals surface area (Å²) in [6.07, 6.45) is 0.744.